The molecule has 0 unspecified atom stereocenters. The second-order valence-electron chi connectivity index (χ2n) is 9.11. The fraction of sp³-hybridized carbons (Fsp3) is 0.636. The van der Waals surface area contributed by atoms with E-state index < -0.39 is 6.04 Å². The van der Waals surface area contributed by atoms with Crippen molar-refractivity contribution in [3.63, 3.8) is 0 Å². The van der Waals surface area contributed by atoms with Gasteiger partial charge in [-0.1, -0.05) is 46.8 Å². The average Bonchev–Trinajstić information content (AvgIpc) is 2.65. The Balaban J connectivity index is 0.00000420. The van der Waals surface area contributed by atoms with Gasteiger partial charge in [0, 0.05) is 24.8 Å². The number of carbonyl (C=O) groups excluding carboxylic acids is 2. The van der Waals surface area contributed by atoms with Crippen molar-refractivity contribution in [2.45, 2.75) is 65.0 Å². The fourth-order valence-electron chi connectivity index (χ4n) is 3.32. The summed E-state index contributed by atoms with van der Waals surface area (Å²) in [5, 5.41) is 5.64. The summed E-state index contributed by atoms with van der Waals surface area (Å²) in [5.74, 6) is -0.388. The third-order valence-electron chi connectivity index (χ3n) is 5.40. The van der Waals surface area contributed by atoms with Gasteiger partial charge in [-0.2, -0.15) is 0 Å². The lowest BCUT2D eigenvalue weighted by molar-refractivity contribution is -0.127. The lowest BCUT2D eigenvalue weighted by Gasteiger charge is -2.34. The molecule has 30 heavy (non-hydrogen) atoms. The molecule has 0 bridgehead atoms. The SMILES string of the molecule is CC(C)[C@H](N)C(=O)NCC(=O)NC1CCN(c2ccc(C(C)(C)C)cc2)CC1.Cl.Cl. The van der Waals surface area contributed by atoms with E-state index in [1.807, 2.05) is 13.8 Å². The standard InChI is InChI=1S/C22H36N4O2.2ClH/c1-15(2)20(23)21(28)24-14-19(27)25-17-10-12-26(13-11-17)18-8-6-16(7-9-18)22(3,4)5;;/h6-9,15,17,20H,10-14,23H2,1-5H3,(H,24,28)(H,25,27);2*1H/t20-;;/m0../s1. The summed E-state index contributed by atoms with van der Waals surface area (Å²) in [7, 11) is 0. The number of nitrogens with one attached hydrogen (secondary N) is 2. The second-order valence-corrected chi connectivity index (χ2v) is 9.11. The van der Waals surface area contributed by atoms with Crippen LogP contribution in [0, 0.1) is 5.92 Å². The van der Waals surface area contributed by atoms with Gasteiger partial charge in [-0.3, -0.25) is 9.59 Å². The van der Waals surface area contributed by atoms with Crippen LogP contribution in [0.1, 0.15) is 53.0 Å². The molecule has 0 saturated carbocycles. The number of anilines is 1. The van der Waals surface area contributed by atoms with Gasteiger partial charge in [0.05, 0.1) is 12.6 Å². The van der Waals surface area contributed by atoms with Gasteiger partial charge in [0.15, 0.2) is 0 Å². The topological polar surface area (TPSA) is 87.5 Å². The van der Waals surface area contributed by atoms with E-state index in [1.54, 1.807) is 0 Å². The van der Waals surface area contributed by atoms with Crippen LogP contribution in [0.3, 0.4) is 0 Å². The largest absolute Gasteiger partial charge is 0.371 e. The lowest BCUT2D eigenvalue weighted by atomic mass is 9.87. The Bertz CT molecular complexity index is 667. The zero-order chi connectivity index (χ0) is 20.9. The highest BCUT2D eigenvalue weighted by Gasteiger charge is 2.22. The molecule has 2 rings (SSSR count). The number of piperidine rings is 1. The molecule has 1 fully saturated rings. The first-order valence-corrected chi connectivity index (χ1v) is 10.3. The molecule has 2 amide bonds. The normalized spacial score (nSPS) is 15.6. The summed E-state index contributed by atoms with van der Waals surface area (Å²) in [6, 6.07) is 8.34. The Hall–Kier alpha value is -1.50. The van der Waals surface area contributed by atoms with E-state index in [4.69, 9.17) is 5.73 Å². The number of hydrogen-bond donors (Lipinski definition) is 3. The highest BCUT2D eigenvalue weighted by Crippen LogP contribution is 2.26. The van der Waals surface area contributed by atoms with Crippen molar-refractivity contribution in [3.05, 3.63) is 29.8 Å². The third kappa shape index (κ3) is 8.32. The van der Waals surface area contributed by atoms with Gasteiger partial charge >= 0.3 is 0 Å². The molecule has 4 N–H and O–H groups in total. The minimum atomic E-state index is -0.583. The maximum absolute atomic E-state index is 12.1. The maximum atomic E-state index is 12.1. The average molecular weight is 461 g/mol. The van der Waals surface area contributed by atoms with Gasteiger partial charge in [-0.05, 0) is 41.9 Å². The van der Waals surface area contributed by atoms with Crippen molar-refractivity contribution in [2.24, 2.45) is 11.7 Å². The number of nitrogens with two attached hydrogens (primary N) is 1. The molecule has 1 atom stereocenters. The van der Waals surface area contributed by atoms with E-state index in [0.717, 1.165) is 25.9 Å². The smallest absolute Gasteiger partial charge is 0.239 e. The van der Waals surface area contributed by atoms with Crippen molar-refractivity contribution in [1.29, 1.82) is 0 Å². The molecule has 0 aromatic heterocycles. The van der Waals surface area contributed by atoms with Gasteiger partial charge in [0.2, 0.25) is 11.8 Å². The van der Waals surface area contributed by atoms with Crippen LogP contribution in [0.15, 0.2) is 24.3 Å². The molecule has 0 radical (unpaired) electrons. The number of halogens is 2. The highest BCUT2D eigenvalue weighted by atomic mass is 35.5. The summed E-state index contributed by atoms with van der Waals surface area (Å²) in [4.78, 5) is 26.3. The van der Waals surface area contributed by atoms with Crippen LogP contribution in [0.2, 0.25) is 0 Å². The van der Waals surface area contributed by atoms with Gasteiger partial charge in [0.25, 0.3) is 0 Å². The molecular weight excluding hydrogens is 423 g/mol. The zero-order valence-electron chi connectivity index (χ0n) is 18.7. The van der Waals surface area contributed by atoms with Crippen molar-refractivity contribution in [2.75, 3.05) is 24.5 Å². The van der Waals surface area contributed by atoms with Crippen molar-refractivity contribution in [3.8, 4) is 0 Å². The third-order valence-corrected chi connectivity index (χ3v) is 5.40. The molecule has 1 aliphatic rings. The van der Waals surface area contributed by atoms with Gasteiger partial charge < -0.3 is 21.3 Å². The first-order valence-electron chi connectivity index (χ1n) is 10.3. The Morgan fingerprint density at radius 2 is 1.63 bits per heavy atom. The number of benzene rings is 1. The zero-order valence-corrected chi connectivity index (χ0v) is 20.4. The van der Waals surface area contributed by atoms with E-state index in [1.165, 1.54) is 11.3 Å². The van der Waals surface area contributed by atoms with Crippen LogP contribution in [0.4, 0.5) is 5.69 Å². The van der Waals surface area contributed by atoms with Crippen molar-refractivity contribution < 1.29 is 9.59 Å². The van der Waals surface area contributed by atoms with Crippen LogP contribution < -0.4 is 21.3 Å². The van der Waals surface area contributed by atoms with Gasteiger partial charge in [-0.25, -0.2) is 0 Å². The van der Waals surface area contributed by atoms with Crippen LogP contribution in [-0.2, 0) is 15.0 Å². The van der Waals surface area contributed by atoms with Crippen LogP contribution in [0.5, 0.6) is 0 Å². The first-order chi connectivity index (χ1) is 13.1. The van der Waals surface area contributed by atoms with E-state index in [2.05, 4.69) is 60.6 Å². The summed E-state index contributed by atoms with van der Waals surface area (Å²) >= 11 is 0. The number of hydrogen-bond acceptors (Lipinski definition) is 4. The monoisotopic (exact) mass is 460 g/mol. The number of carbonyl (C=O) groups is 2. The number of amides is 2. The highest BCUT2D eigenvalue weighted by molar-refractivity contribution is 5.87. The van der Waals surface area contributed by atoms with E-state index in [9.17, 15) is 9.59 Å². The molecule has 172 valence electrons. The summed E-state index contributed by atoms with van der Waals surface area (Å²) < 4.78 is 0. The predicted molar refractivity (Wildman–Crippen MR) is 129 cm³/mol. The number of rotatable bonds is 6. The Kier molecular flexibility index (Phi) is 11.8. The quantitative estimate of drug-likeness (QED) is 0.608. The van der Waals surface area contributed by atoms with Crippen LogP contribution in [0.25, 0.3) is 0 Å². The van der Waals surface area contributed by atoms with E-state index in [-0.39, 0.29) is 60.5 Å². The molecule has 1 aromatic carbocycles. The minimum absolute atomic E-state index is 0. The van der Waals surface area contributed by atoms with Gasteiger partial charge in [0.1, 0.15) is 0 Å². The molecule has 0 aliphatic carbocycles. The summed E-state index contributed by atoms with van der Waals surface area (Å²) in [6.45, 7) is 12.2. The fourth-order valence-corrected chi connectivity index (χ4v) is 3.32. The van der Waals surface area contributed by atoms with Crippen LogP contribution in [-0.4, -0.2) is 43.5 Å². The molecular formula is C22H38Cl2N4O2. The number of nitrogens with zero attached hydrogens (tertiary/aromatic N) is 1. The predicted octanol–water partition coefficient (Wildman–Crippen LogP) is 3.01. The Morgan fingerprint density at radius 3 is 2.10 bits per heavy atom. The maximum Gasteiger partial charge on any atom is 0.239 e. The molecule has 1 saturated heterocycles. The van der Waals surface area contributed by atoms with Crippen molar-refractivity contribution in [1.82, 2.24) is 10.6 Å². The molecule has 1 aromatic rings. The molecule has 1 aliphatic heterocycles. The van der Waals surface area contributed by atoms with Crippen molar-refractivity contribution >= 4 is 42.3 Å². The molecule has 0 spiro atoms. The minimum Gasteiger partial charge on any atom is -0.371 e. The lowest BCUT2D eigenvalue weighted by Crippen LogP contribution is -2.50. The Morgan fingerprint density at radius 1 is 1.10 bits per heavy atom. The molecule has 1 heterocycles. The van der Waals surface area contributed by atoms with Crippen LogP contribution >= 0.6 is 24.8 Å². The molecule has 8 heteroatoms. The molecule has 6 nitrogen and oxygen atoms in total. The first kappa shape index (κ1) is 28.5. The Labute approximate surface area is 193 Å². The van der Waals surface area contributed by atoms with E-state index in [0.29, 0.717) is 0 Å². The van der Waals surface area contributed by atoms with E-state index >= 15 is 0 Å². The second kappa shape index (κ2) is 12.4. The van der Waals surface area contributed by atoms with Gasteiger partial charge in [-0.15, -0.1) is 24.8 Å². The summed E-state index contributed by atoms with van der Waals surface area (Å²) in [6.07, 6.45) is 1.79. The summed E-state index contributed by atoms with van der Waals surface area (Å²) in [5.41, 5.74) is 8.50.